The zero-order chi connectivity index (χ0) is 10.4. The van der Waals surface area contributed by atoms with Crippen LogP contribution in [0.2, 0.25) is 0 Å². The summed E-state index contributed by atoms with van der Waals surface area (Å²) in [6.07, 6.45) is 13.2. The first kappa shape index (κ1) is 12.1. The predicted octanol–water partition coefficient (Wildman–Crippen LogP) is 5.17. The monoisotopic (exact) mass is 196 g/mol. The molecule has 1 saturated carbocycles. The summed E-state index contributed by atoms with van der Waals surface area (Å²) in [5.74, 6) is 1.06. The Bertz CT molecular complexity index is 146. The fourth-order valence-corrected chi connectivity index (χ4v) is 2.86. The molecule has 0 aromatic carbocycles. The van der Waals surface area contributed by atoms with Crippen LogP contribution in [0.5, 0.6) is 0 Å². The molecule has 1 aliphatic carbocycles. The second-order valence-corrected chi connectivity index (χ2v) is 5.98. The number of hydrogen-bond donors (Lipinski definition) is 0. The highest BCUT2D eigenvalue weighted by atomic mass is 14.4. The van der Waals surface area contributed by atoms with Crippen LogP contribution >= 0.6 is 0 Å². The van der Waals surface area contributed by atoms with Crippen molar-refractivity contribution in [2.75, 3.05) is 0 Å². The van der Waals surface area contributed by atoms with Gasteiger partial charge in [0, 0.05) is 0 Å². The van der Waals surface area contributed by atoms with Crippen molar-refractivity contribution in [3.05, 3.63) is 0 Å². The minimum Gasteiger partial charge on any atom is -0.0654 e. The van der Waals surface area contributed by atoms with E-state index in [4.69, 9.17) is 0 Å². The van der Waals surface area contributed by atoms with E-state index in [-0.39, 0.29) is 0 Å². The molecule has 0 radical (unpaired) electrons. The molecular formula is C14H28. The van der Waals surface area contributed by atoms with Crippen LogP contribution in [0.4, 0.5) is 0 Å². The molecule has 0 heterocycles. The lowest BCUT2D eigenvalue weighted by atomic mass is 9.89. The molecule has 1 fully saturated rings. The van der Waals surface area contributed by atoms with Gasteiger partial charge in [0.15, 0.2) is 0 Å². The van der Waals surface area contributed by atoms with Gasteiger partial charge in [0.25, 0.3) is 0 Å². The third-order valence-corrected chi connectivity index (χ3v) is 3.79. The zero-order valence-electron chi connectivity index (χ0n) is 10.4. The van der Waals surface area contributed by atoms with Gasteiger partial charge >= 0.3 is 0 Å². The Hall–Kier alpha value is 0. The first-order valence-corrected chi connectivity index (χ1v) is 6.64. The summed E-state index contributed by atoms with van der Waals surface area (Å²) in [5.41, 5.74) is 0.661. The molecule has 1 aliphatic rings. The van der Waals surface area contributed by atoms with Crippen molar-refractivity contribution in [2.45, 2.75) is 78.6 Å². The van der Waals surface area contributed by atoms with E-state index in [1.165, 1.54) is 57.8 Å². The van der Waals surface area contributed by atoms with E-state index in [1.54, 1.807) is 0 Å². The molecule has 0 saturated heterocycles. The maximum Gasteiger partial charge on any atom is -0.0351 e. The molecule has 1 atom stereocenters. The molecule has 14 heavy (non-hydrogen) atoms. The van der Waals surface area contributed by atoms with Crippen LogP contribution < -0.4 is 0 Å². The lowest BCUT2D eigenvalue weighted by Gasteiger charge is -2.16. The lowest BCUT2D eigenvalue weighted by Crippen LogP contribution is -2.05. The summed E-state index contributed by atoms with van der Waals surface area (Å²) < 4.78 is 0. The third kappa shape index (κ3) is 4.48. The molecule has 1 rings (SSSR count). The molecule has 0 spiro atoms. The van der Waals surface area contributed by atoms with Crippen LogP contribution in [0, 0.1) is 11.3 Å². The normalized spacial score (nSPS) is 25.5. The van der Waals surface area contributed by atoms with Crippen molar-refractivity contribution >= 4 is 0 Å². The summed E-state index contributed by atoms with van der Waals surface area (Å²) in [7, 11) is 0. The largest absolute Gasteiger partial charge is 0.0654 e. The van der Waals surface area contributed by atoms with Gasteiger partial charge in [0.2, 0.25) is 0 Å². The van der Waals surface area contributed by atoms with Gasteiger partial charge in [0.05, 0.1) is 0 Å². The number of hydrogen-bond acceptors (Lipinski definition) is 0. The topological polar surface area (TPSA) is 0 Å². The van der Waals surface area contributed by atoms with Gasteiger partial charge in [0.1, 0.15) is 0 Å². The van der Waals surface area contributed by atoms with Crippen LogP contribution in [-0.4, -0.2) is 0 Å². The van der Waals surface area contributed by atoms with E-state index in [1.807, 2.05) is 0 Å². The fraction of sp³-hybridized carbons (Fsp3) is 1.00. The molecule has 0 bridgehead atoms. The van der Waals surface area contributed by atoms with Crippen LogP contribution in [0.1, 0.15) is 78.6 Å². The van der Waals surface area contributed by atoms with Crippen LogP contribution in [0.3, 0.4) is 0 Å². The first-order chi connectivity index (χ1) is 6.64. The minimum atomic E-state index is 0.661. The van der Waals surface area contributed by atoms with Gasteiger partial charge in [-0.05, 0) is 30.6 Å². The Morgan fingerprint density at radius 1 is 1.07 bits per heavy atom. The van der Waals surface area contributed by atoms with Gasteiger partial charge < -0.3 is 0 Å². The summed E-state index contributed by atoms with van der Waals surface area (Å²) in [5, 5.41) is 0. The molecule has 0 nitrogen and oxygen atoms in total. The fourth-order valence-electron chi connectivity index (χ4n) is 2.86. The van der Waals surface area contributed by atoms with Crippen molar-refractivity contribution in [1.29, 1.82) is 0 Å². The molecule has 0 heteroatoms. The second kappa shape index (κ2) is 5.78. The molecule has 0 aromatic rings. The maximum absolute atomic E-state index is 2.43. The van der Waals surface area contributed by atoms with E-state index >= 15 is 0 Å². The Morgan fingerprint density at radius 3 is 2.36 bits per heavy atom. The molecule has 0 aliphatic heterocycles. The highest BCUT2D eigenvalue weighted by Gasteiger charge is 2.29. The number of rotatable bonds is 6. The molecule has 0 amide bonds. The highest BCUT2D eigenvalue weighted by molar-refractivity contribution is 4.81. The summed E-state index contributed by atoms with van der Waals surface area (Å²) in [6.45, 7) is 7.16. The third-order valence-electron chi connectivity index (χ3n) is 3.79. The summed E-state index contributed by atoms with van der Waals surface area (Å²) >= 11 is 0. The van der Waals surface area contributed by atoms with Gasteiger partial charge in [-0.2, -0.15) is 0 Å². The molecule has 84 valence electrons. The van der Waals surface area contributed by atoms with Crippen LogP contribution in [0.15, 0.2) is 0 Å². The molecule has 0 N–H and O–H groups in total. The lowest BCUT2D eigenvalue weighted by molar-refractivity contribution is 0.349. The van der Waals surface area contributed by atoms with Crippen LogP contribution in [0.25, 0.3) is 0 Å². The maximum atomic E-state index is 2.43. The van der Waals surface area contributed by atoms with Crippen LogP contribution in [-0.2, 0) is 0 Å². The Morgan fingerprint density at radius 2 is 1.79 bits per heavy atom. The smallest absolute Gasteiger partial charge is 0.0351 e. The van der Waals surface area contributed by atoms with Gasteiger partial charge in [-0.1, -0.05) is 59.3 Å². The van der Waals surface area contributed by atoms with Crippen molar-refractivity contribution in [3.8, 4) is 0 Å². The van der Waals surface area contributed by atoms with Gasteiger partial charge in [-0.15, -0.1) is 0 Å². The van der Waals surface area contributed by atoms with Crippen molar-refractivity contribution in [2.24, 2.45) is 11.3 Å². The minimum absolute atomic E-state index is 0.661. The Balaban J connectivity index is 1.98. The van der Waals surface area contributed by atoms with Crippen molar-refractivity contribution in [1.82, 2.24) is 0 Å². The Labute approximate surface area is 90.5 Å². The Kier molecular flexibility index (Phi) is 4.98. The first-order valence-electron chi connectivity index (χ1n) is 6.64. The molecule has 0 aromatic heterocycles. The van der Waals surface area contributed by atoms with Gasteiger partial charge in [-0.3, -0.25) is 0 Å². The van der Waals surface area contributed by atoms with E-state index < -0.39 is 0 Å². The molecule has 1 unspecified atom stereocenters. The average molecular weight is 196 g/mol. The van der Waals surface area contributed by atoms with E-state index in [2.05, 4.69) is 20.8 Å². The highest BCUT2D eigenvalue weighted by Crippen LogP contribution is 2.42. The van der Waals surface area contributed by atoms with Crippen molar-refractivity contribution < 1.29 is 0 Å². The second-order valence-electron chi connectivity index (χ2n) is 5.98. The zero-order valence-corrected chi connectivity index (χ0v) is 10.4. The standard InChI is InChI=1S/C14H28/c1-4-5-6-7-8-9-13-10-11-14(2,3)12-13/h13H,4-12H2,1-3H3. The van der Waals surface area contributed by atoms with E-state index in [9.17, 15) is 0 Å². The molecular weight excluding hydrogens is 168 g/mol. The summed E-state index contributed by atoms with van der Waals surface area (Å²) in [4.78, 5) is 0. The van der Waals surface area contributed by atoms with E-state index in [0.717, 1.165) is 5.92 Å². The predicted molar refractivity (Wildman–Crippen MR) is 64.5 cm³/mol. The van der Waals surface area contributed by atoms with Gasteiger partial charge in [-0.25, -0.2) is 0 Å². The SMILES string of the molecule is CCCCCCCC1CCC(C)(C)C1. The summed E-state index contributed by atoms with van der Waals surface area (Å²) in [6, 6.07) is 0. The number of unbranched alkanes of at least 4 members (excludes halogenated alkanes) is 4. The van der Waals surface area contributed by atoms with E-state index in [0.29, 0.717) is 5.41 Å². The quantitative estimate of drug-likeness (QED) is 0.514. The average Bonchev–Trinajstić information content (AvgIpc) is 2.45. The van der Waals surface area contributed by atoms with Crippen molar-refractivity contribution in [3.63, 3.8) is 0 Å².